The quantitative estimate of drug-likeness (QED) is 0.515. The fourth-order valence-corrected chi connectivity index (χ4v) is 2.42. The predicted molar refractivity (Wildman–Crippen MR) is 65.6 cm³/mol. The summed E-state index contributed by atoms with van der Waals surface area (Å²) in [4.78, 5) is 5.36. The number of hydrogen-bond acceptors (Lipinski definition) is 6. The zero-order valence-corrected chi connectivity index (χ0v) is 11.0. The molecule has 0 radical (unpaired) electrons. The molecule has 3 atom stereocenters. The minimum atomic E-state index is -0.305. The summed E-state index contributed by atoms with van der Waals surface area (Å²) in [6, 6.07) is 0. The topological polar surface area (TPSA) is 63.2 Å². The van der Waals surface area contributed by atoms with Crippen molar-refractivity contribution in [2.45, 2.75) is 32.0 Å². The fourth-order valence-electron chi connectivity index (χ4n) is 2.42. The van der Waals surface area contributed by atoms with Gasteiger partial charge in [0.2, 0.25) is 0 Å². The summed E-state index contributed by atoms with van der Waals surface area (Å²) in [5.74, 6) is 0.558. The van der Waals surface area contributed by atoms with Crippen LogP contribution in [0.2, 0.25) is 0 Å². The molecule has 0 spiro atoms. The third-order valence-corrected chi connectivity index (χ3v) is 3.41. The van der Waals surface area contributed by atoms with Gasteiger partial charge in [0, 0.05) is 19.6 Å². The Morgan fingerprint density at radius 1 is 1.33 bits per heavy atom. The molecule has 0 bridgehead atoms. The van der Waals surface area contributed by atoms with Crippen LogP contribution in [-0.2, 0) is 14.4 Å². The van der Waals surface area contributed by atoms with Crippen LogP contribution in [0.1, 0.15) is 19.8 Å². The molecule has 0 aromatic heterocycles. The maximum atomic E-state index is 9.72. The number of nitrogens with zero attached hydrogens (tertiary/aromatic N) is 1. The number of ether oxygens (including phenoxy) is 2. The average Bonchev–Trinajstić information content (AvgIpc) is 2.69. The highest BCUT2D eigenvalue weighted by Crippen LogP contribution is 2.27. The minimum Gasteiger partial charge on any atom is -0.390 e. The van der Waals surface area contributed by atoms with Crippen LogP contribution in [0.5, 0.6) is 0 Å². The highest BCUT2D eigenvalue weighted by Gasteiger charge is 2.30. The lowest BCUT2D eigenvalue weighted by molar-refractivity contribution is -0.238. The van der Waals surface area contributed by atoms with E-state index >= 15 is 0 Å². The van der Waals surface area contributed by atoms with Crippen LogP contribution in [0.25, 0.3) is 0 Å². The van der Waals surface area contributed by atoms with Crippen molar-refractivity contribution in [3.8, 4) is 0 Å². The zero-order chi connectivity index (χ0) is 12.8. The molecule has 2 rings (SSSR count). The SMILES string of the molecule is CC1CC(O)C(OCCNON2CCOCC2)C1. The van der Waals surface area contributed by atoms with Gasteiger partial charge in [0.1, 0.15) is 0 Å². The molecule has 1 saturated heterocycles. The Morgan fingerprint density at radius 2 is 2.11 bits per heavy atom. The summed E-state index contributed by atoms with van der Waals surface area (Å²) in [5.41, 5.74) is 2.87. The van der Waals surface area contributed by atoms with Crippen LogP contribution in [0, 0.1) is 5.92 Å². The fraction of sp³-hybridized carbons (Fsp3) is 1.00. The molecule has 2 aliphatic rings. The molecule has 1 heterocycles. The number of rotatable bonds is 6. The summed E-state index contributed by atoms with van der Waals surface area (Å²) in [7, 11) is 0. The van der Waals surface area contributed by atoms with Crippen LogP contribution in [-0.4, -0.2) is 61.8 Å². The molecule has 6 heteroatoms. The van der Waals surface area contributed by atoms with Gasteiger partial charge in [0.25, 0.3) is 0 Å². The largest absolute Gasteiger partial charge is 0.390 e. The number of nitrogens with one attached hydrogen (secondary N) is 1. The highest BCUT2D eigenvalue weighted by atomic mass is 16.8. The zero-order valence-electron chi connectivity index (χ0n) is 11.0. The van der Waals surface area contributed by atoms with Gasteiger partial charge in [-0.3, -0.25) is 0 Å². The average molecular weight is 260 g/mol. The number of aliphatic hydroxyl groups excluding tert-OH is 1. The molecule has 2 fully saturated rings. The first-order valence-corrected chi connectivity index (χ1v) is 6.78. The Morgan fingerprint density at radius 3 is 2.78 bits per heavy atom. The van der Waals surface area contributed by atoms with E-state index < -0.39 is 0 Å². The molecule has 6 nitrogen and oxygen atoms in total. The van der Waals surface area contributed by atoms with Crippen molar-refractivity contribution < 1.29 is 19.5 Å². The van der Waals surface area contributed by atoms with E-state index in [4.69, 9.17) is 14.4 Å². The normalized spacial score (nSPS) is 34.0. The van der Waals surface area contributed by atoms with Gasteiger partial charge >= 0.3 is 0 Å². The van der Waals surface area contributed by atoms with Gasteiger partial charge < -0.3 is 14.6 Å². The van der Waals surface area contributed by atoms with Crippen LogP contribution in [0.3, 0.4) is 0 Å². The van der Waals surface area contributed by atoms with Crippen molar-refractivity contribution in [3.05, 3.63) is 0 Å². The molecule has 18 heavy (non-hydrogen) atoms. The maximum absolute atomic E-state index is 9.72. The van der Waals surface area contributed by atoms with E-state index in [1.54, 1.807) is 0 Å². The lowest BCUT2D eigenvalue weighted by atomic mass is 10.1. The molecule has 2 N–H and O–H groups in total. The van der Waals surface area contributed by atoms with E-state index in [1.807, 2.05) is 5.06 Å². The van der Waals surface area contributed by atoms with Crippen molar-refractivity contribution in [1.82, 2.24) is 10.5 Å². The van der Waals surface area contributed by atoms with Crippen LogP contribution < -0.4 is 5.48 Å². The molecule has 1 saturated carbocycles. The summed E-state index contributed by atoms with van der Waals surface area (Å²) in [6.07, 6.45) is 1.48. The summed E-state index contributed by atoms with van der Waals surface area (Å²) >= 11 is 0. The van der Waals surface area contributed by atoms with Crippen molar-refractivity contribution in [2.24, 2.45) is 5.92 Å². The van der Waals surface area contributed by atoms with Crippen molar-refractivity contribution in [1.29, 1.82) is 0 Å². The van der Waals surface area contributed by atoms with Gasteiger partial charge in [0.05, 0.1) is 32.0 Å². The number of aliphatic hydroxyl groups is 1. The number of hydrogen-bond donors (Lipinski definition) is 2. The van der Waals surface area contributed by atoms with Crippen molar-refractivity contribution in [3.63, 3.8) is 0 Å². The lowest BCUT2D eigenvalue weighted by Crippen LogP contribution is -2.41. The molecule has 3 unspecified atom stereocenters. The summed E-state index contributed by atoms with van der Waals surface area (Å²) in [6.45, 7) is 6.31. The van der Waals surface area contributed by atoms with Crippen LogP contribution >= 0.6 is 0 Å². The second-order valence-electron chi connectivity index (χ2n) is 5.08. The monoisotopic (exact) mass is 260 g/mol. The predicted octanol–water partition coefficient (Wildman–Crippen LogP) is -0.0692. The first kappa shape index (κ1) is 14.2. The second kappa shape index (κ2) is 7.37. The molecule has 106 valence electrons. The summed E-state index contributed by atoms with van der Waals surface area (Å²) in [5, 5.41) is 11.6. The molecule has 0 aromatic carbocycles. The van der Waals surface area contributed by atoms with E-state index in [0.717, 1.165) is 25.9 Å². The Kier molecular flexibility index (Phi) is 5.81. The van der Waals surface area contributed by atoms with Gasteiger partial charge in [-0.2, -0.15) is 10.5 Å². The third-order valence-electron chi connectivity index (χ3n) is 3.41. The van der Waals surface area contributed by atoms with Gasteiger partial charge in [-0.25, -0.2) is 4.94 Å². The first-order chi connectivity index (χ1) is 8.75. The van der Waals surface area contributed by atoms with Gasteiger partial charge in [0.15, 0.2) is 0 Å². The van der Waals surface area contributed by atoms with E-state index in [9.17, 15) is 5.11 Å². The first-order valence-electron chi connectivity index (χ1n) is 6.78. The van der Waals surface area contributed by atoms with Gasteiger partial charge in [-0.1, -0.05) is 6.92 Å². The van der Waals surface area contributed by atoms with E-state index in [0.29, 0.717) is 32.3 Å². The number of hydroxylamine groups is 3. The highest BCUT2D eigenvalue weighted by molar-refractivity contribution is 4.81. The standard InChI is InChI=1S/C12H24N2O4/c1-10-8-11(15)12(9-10)17-5-2-13-18-14-3-6-16-7-4-14/h10-13,15H,2-9H2,1H3. The molecule has 1 aliphatic heterocycles. The van der Waals surface area contributed by atoms with E-state index in [-0.39, 0.29) is 12.2 Å². The van der Waals surface area contributed by atoms with Crippen LogP contribution in [0.15, 0.2) is 0 Å². The molecule has 0 aromatic rings. The van der Waals surface area contributed by atoms with E-state index in [2.05, 4.69) is 12.4 Å². The molecule has 1 aliphatic carbocycles. The Labute approximate surface area is 108 Å². The van der Waals surface area contributed by atoms with Crippen LogP contribution in [0.4, 0.5) is 0 Å². The summed E-state index contributed by atoms with van der Waals surface area (Å²) < 4.78 is 10.9. The lowest BCUT2D eigenvalue weighted by Gasteiger charge is -2.25. The maximum Gasteiger partial charge on any atom is 0.0837 e. The number of morpholine rings is 1. The Bertz CT molecular complexity index is 236. The van der Waals surface area contributed by atoms with Gasteiger partial charge in [-0.05, 0) is 18.8 Å². The second-order valence-corrected chi connectivity index (χ2v) is 5.08. The smallest absolute Gasteiger partial charge is 0.0837 e. The Hall–Kier alpha value is -0.240. The van der Waals surface area contributed by atoms with Crippen molar-refractivity contribution in [2.75, 3.05) is 39.5 Å². The van der Waals surface area contributed by atoms with Crippen molar-refractivity contribution >= 4 is 0 Å². The van der Waals surface area contributed by atoms with E-state index in [1.165, 1.54) is 0 Å². The van der Waals surface area contributed by atoms with Gasteiger partial charge in [-0.15, -0.1) is 0 Å². The third kappa shape index (κ3) is 4.46. The minimum absolute atomic E-state index is 0.00909. The molecular weight excluding hydrogens is 236 g/mol. The Balaban J connectivity index is 1.48. The molecular formula is C12H24N2O4. The molecule has 0 amide bonds.